The van der Waals surface area contributed by atoms with Crippen LogP contribution in [-0.2, 0) is 6.42 Å². The van der Waals surface area contributed by atoms with E-state index in [1.54, 1.807) is 6.92 Å². The highest BCUT2D eigenvalue weighted by Gasteiger charge is 2.34. The molecule has 0 saturated carbocycles. The molecular weight excluding hydrogens is 290 g/mol. The van der Waals surface area contributed by atoms with Gasteiger partial charge in [0.15, 0.2) is 5.82 Å². The Labute approximate surface area is 126 Å². The van der Waals surface area contributed by atoms with Gasteiger partial charge in [0, 0.05) is 13.0 Å². The van der Waals surface area contributed by atoms with E-state index in [0.29, 0.717) is 28.8 Å². The lowest BCUT2D eigenvalue weighted by molar-refractivity contribution is 0.0565. The fraction of sp³-hybridized carbons (Fsp3) is 0.615. The molecule has 3 rings (SSSR count). The first kappa shape index (κ1) is 14.1. The van der Waals surface area contributed by atoms with Crippen molar-refractivity contribution in [3.05, 3.63) is 22.3 Å². The molecule has 1 saturated heterocycles. The number of hydrogen-bond donors (Lipinski definition) is 0. The van der Waals surface area contributed by atoms with E-state index in [2.05, 4.69) is 19.7 Å². The van der Waals surface area contributed by atoms with E-state index in [1.807, 2.05) is 11.8 Å². The highest BCUT2D eigenvalue weighted by atomic mass is 32.1. The predicted molar refractivity (Wildman–Crippen MR) is 76.0 cm³/mol. The Balaban J connectivity index is 1.87. The van der Waals surface area contributed by atoms with Crippen molar-refractivity contribution in [1.82, 2.24) is 24.6 Å². The number of likely N-dealkylation sites (tertiary alicyclic amines) is 1. The van der Waals surface area contributed by atoms with Crippen LogP contribution >= 0.6 is 11.5 Å². The van der Waals surface area contributed by atoms with Gasteiger partial charge >= 0.3 is 0 Å². The van der Waals surface area contributed by atoms with Crippen LogP contribution in [0.25, 0.3) is 0 Å². The van der Waals surface area contributed by atoms with Gasteiger partial charge in [-0.15, -0.1) is 5.10 Å². The van der Waals surface area contributed by atoms with E-state index < -0.39 is 0 Å². The Hall–Kier alpha value is -1.83. The van der Waals surface area contributed by atoms with Crippen molar-refractivity contribution in [2.75, 3.05) is 6.54 Å². The quantitative estimate of drug-likeness (QED) is 0.864. The van der Waals surface area contributed by atoms with Gasteiger partial charge in [-0.3, -0.25) is 4.79 Å². The molecule has 0 radical (unpaired) electrons. The minimum absolute atomic E-state index is 0.0385. The molecule has 8 heteroatoms. The van der Waals surface area contributed by atoms with Gasteiger partial charge in [0.2, 0.25) is 5.89 Å². The predicted octanol–water partition coefficient (Wildman–Crippen LogP) is 2.16. The number of carbonyl (C=O) groups excluding carboxylic acids is 1. The van der Waals surface area contributed by atoms with Crippen LogP contribution in [0.15, 0.2) is 4.52 Å². The first-order valence-electron chi connectivity index (χ1n) is 7.13. The number of nitrogens with zero attached hydrogens (tertiary/aromatic N) is 5. The molecule has 7 nitrogen and oxygen atoms in total. The normalized spacial score (nSPS) is 19.0. The Kier molecular flexibility index (Phi) is 3.96. The largest absolute Gasteiger partial charge is 0.337 e. The Morgan fingerprint density at radius 3 is 3.00 bits per heavy atom. The van der Waals surface area contributed by atoms with Crippen molar-refractivity contribution in [2.24, 2.45) is 0 Å². The SMILES string of the molecule is CCc1noc([C@@H]2CCCCN2C(=O)c2snnc2C)n1. The average Bonchev–Trinajstić information content (AvgIpc) is 3.15. The molecule has 1 aliphatic rings. The van der Waals surface area contributed by atoms with Crippen molar-refractivity contribution in [3.63, 3.8) is 0 Å². The maximum atomic E-state index is 12.7. The maximum Gasteiger partial charge on any atom is 0.268 e. The van der Waals surface area contributed by atoms with E-state index in [0.717, 1.165) is 37.2 Å². The van der Waals surface area contributed by atoms with Gasteiger partial charge in [-0.2, -0.15) is 4.98 Å². The molecule has 1 aliphatic heterocycles. The summed E-state index contributed by atoms with van der Waals surface area (Å²) in [7, 11) is 0. The Morgan fingerprint density at radius 1 is 1.48 bits per heavy atom. The molecule has 0 bridgehead atoms. The summed E-state index contributed by atoms with van der Waals surface area (Å²) in [6, 6.07) is -0.138. The van der Waals surface area contributed by atoms with Crippen molar-refractivity contribution >= 4 is 17.4 Å². The third kappa shape index (κ3) is 2.67. The number of aromatic nitrogens is 4. The van der Waals surface area contributed by atoms with Crippen LogP contribution in [0.5, 0.6) is 0 Å². The minimum atomic E-state index is -0.138. The average molecular weight is 307 g/mol. The number of rotatable bonds is 3. The Morgan fingerprint density at radius 2 is 2.33 bits per heavy atom. The summed E-state index contributed by atoms with van der Waals surface area (Å²) in [6.07, 6.45) is 3.62. The lowest BCUT2D eigenvalue weighted by Gasteiger charge is -2.33. The molecule has 0 aromatic carbocycles. The second-order valence-electron chi connectivity index (χ2n) is 5.10. The summed E-state index contributed by atoms with van der Waals surface area (Å²) in [5.41, 5.74) is 0.675. The highest BCUT2D eigenvalue weighted by Crippen LogP contribution is 2.32. The zero-order valence-corrected chi connectivity index (χ0v) is 12.9. The molecule has 112 valence electrons. The van der Waals surface area contributed by atoms with Gasteiger partial charge in [-0.1, -0.05) is 16.6 Å². The molecule has 21 heavy (non-hydrogen) atoms. The standard InChI is InChI=1S/C13H17N5O2S/c1-3-10-14-12(20-16-10)9-6-4-5-7-18(9)13(19)11-8(2)15-17-21-11/h9H,3-7H2,1-2H3/t9-/m0/s1. The van der Waals surface area contributed by atoms with Crippen LogP contribution < -0.4 is 0 Å². The van der Waals surface area contributed by atoms with Gasteiger partial charge < -0.3 is 9.42 Å². The number of amides is 1. The zero-order valence-electron chi connectivity index (χ0n) is 12.1. The minimum Gasteiger partial charge on any atom is -0.337 e. The van der Waals surface area contributed by atoms with Crippen LogP contribution in [0.3, 0.4) is 0 Å². The van der Waals surface area contributed by atoms with Crippen LogP contribution in [0.1, 0.15) is 59.3 Å². The molecule has 1 atom stereocenters. The molecule has 0 N–H and O–H groups in total. The lowest BCUT2D eigenvalue weighted by Crippen LogP contribution is -2.38. The summed E-state index contributed by atoms with van der Waals surface area (Å²) in [5, 5.41) is 7.86. The third-order valence-electron chi connectivity index (χ3n) is 3.69. The van der Waals surface area contributed by atoms with E-state index in [-0.39, 0.29) is 11.9 Å². The molecule has 1 amide bonds. The fourth-order valence-corrected chi connectivity index (χ4v) is 3.15. The molecule has 3 heterocycles. The van der Waals surface area contributed by atoms with E-state index in [4.69, 9.17) is 4.52 Å². The summed E-state index contributed by atoms with van der Waals surface area (Å²) in [4.78, 5) is 19.5. The second kappa shape index (κ2) is 5.88. The van der Waals surface area contributed by atoms with Gasteiger partial charge in [-0.05, 0) is 37.7 Å². The van der Waals surface area contributed by atoms with Crippen molar-refractivity contribution in [1.29, 1.82) is 0 Å². The van der Waals surface area contributed by atoms with Crippen molar-refractivity contribution in [3.8, 4) is 0 Å². The second-order valence-corrected chi connectivity index (χ2v) is 5.85. The lowest BCUT2D eigenvalue weighted by atomic mass is 10.0. The van der Waals surface area contributed by atoms with Crippen LogP contribution in [-0.4, -0.2) is 37.1 Å². The zero-order chi connectivity index (χ0) is 14.8. The topological polar surface area (TPSA) is 85.0 Å². The smallest absolute Gasteiger partial charge is 0.268 e. The molecule has 0 unspecified atom stereocenters. The Bertz CT molecular complexity index is 638. The molecule has 2 aromatic rings. The summed E-state index contributed by atoms with van der Waals surface area (Å²) in [5.74, 6) is 1.18. The number of hydrogen-bond acceptors (Lipinski definition) is 7. The van der Waals surface area contributed by atoms with Crippen LogP contribution in [0, 0.1) is 6.92 Å². The van der Waals surface area contributed by atoms with Crippen molar-refractivity contribution < 1.29 is 9.32 Å². The summed E-state index contributed by atoms with van der Waals surface area (Å²) in [6.45, 7) is 4.48. The summed E-state index contributed by atoms with van der Waals surface area (Å²) < 4.78 is 9.19. The molecule has 1 fully saturated rings. The molecule has 0 spiro atoms. The highest BCUT2D eigenvalue weighted by molar-refractivity contribution is 7.07. The van der Waals surface area contributed by atoms with E-state index >= 15 is 0 Å². The third-order valence-corrected chi connectivity index (χ3v) is 4.51. The van der Waals surface area contributed by atoms with Gasteiger partial charge in [0.25, 0.3) is 5.91 Å². The number of piperidine rings is 1. The number of carbonyl (C=O) groups is 1. The fourth-order valence-electron chi connectivity index (χ4n) is 2.54. The van der Waals surface area contributed by atoms with Crippen molar-refractivity contribution in [2.45, 2.75) is 45.6 Å². The molecular formula is C13H17N5O2S. The van der Waals surface area contributed by atoms with Crippen LogP contribution in [0.2, 0.25) is 0 Å². The first-order valence-corrected chi connectivity index (χ1v) is 7.90. The van der Waals surface area contributed by atoms with Gasteiger partial charge in [0.1, 0.15) is 10.9 Å². The molecule has 2 aromatic heterocycles. The molecule has 0 aliphatic carbocycles. The monoisotopic (exact) mass is 307 g/mol. The van der Waals surface area contributed by atoms with Crippen LogP contribution in [0.4, 0.5) is 0 Å². The van der Waals surface area contributed by atoms with E-state index in [1.165, 1.54) is 0 Å². The van der Waals surface area contributed by atoms with E-state index in [9.17, 15) is 4.79 Å². The summed E-state index contributed by atoms with van der Waals surface area (Å²) >= 11 is 1.14. The number of aryl methyl sites for hydroxylation is 2. The van der Waals surface area contributed by atoms with Gasteiger partial charge in [0.05, 0.1) is 5.69 Å². The van der Waals surface area contributed by atoms with Gasteiger partial charge in [-0.25, -0.2) is 0 Å². The maximum absolute atomic E-state index is 12.7. The first-order chi connectivity index (χ1) is 10.2.